The molecule has 1 aliphatic heterocycles. The van der Waals surface area contributed by atoms with Gasteiger partial charge < -0.3 is 9.64 Å². The molecular weight excluding hydrogens is 350 g/mol. The van der Waals surface area contributed by atoms with Gasteiger partial charge in [-0.05, 0) is 36.4 Å². The van der Waals surface area contributed by atoms with E-state index in [0.29, 0.717) is 32.1 Å². The number of nitrogens with zero attached hydrogens (tertiary/aromatic N) is 5. The predicted molar refractivity (Wildman–Crippen MR) is 83.1 cm³/mol. The van der Waals surface area contributed by atoms with Crippen LogP contribution in [0.1, 0.15) is 13.0 Å². The Balaban J connectivity index is 1.74. The van der Waals surface area contributed by atoms with Crippen LogP contribution in [0, 0.1) is 0 Å². The molecule has 3 rings (SSSR count). The summed E-state index contributed by atoms with van der Waals surface area (Å²) in [5.74, 6) is 0.497. The SMILES string of the molecule is C[C@H](C(=O)N1CCOCC1)n1nnc(-c2ccc(Br)cc2)n1. The second kappa shape index (κ2) is 6.53. The van der Waals surface area contributed by atoms with E-state index >= 15 is 0 Å². The Labute approximate surface area is 136 Å². The molecule has 0 saturated carbocycles. The fraction of sp³-hybridized carbons (Fsp3) is 0.429. The highest BCUT2D eigenvalue weighted by Crippen LogP contribution is 2.18. The average molecular weight is 366 g/mol. The first kappa shape index (κ1) is 15.1. The highest BCUT2D eigenvalue weighted by atomic mass is 79.9. The number of carbonyl (C=O) groups is 1. The van der Waals surface area contributed by atoms with Gasteiger partial charge in [0.25, 0.3) is 0 Å². The summed E-state index contributed by atoms with van der Waals surface area (Å²) in [7, 11) is 0. The summed E-state index contributed by atoms with van der Waals surface area (Å²) in [5.41, 5.74) is 0.862. The number of rotatable bonds is 3. The van der Waals surface area contributed by atoms with E-state index in [4.69, 9.17) is 4.74 Å². The molecule has 0 aliphatic carbocycles. The second-order valence-electron chi connectivity index (χ2n) is 5.05. The van der Waals surface area contributed by atoms with Gasteiger partial charge in [0, 0.05) is 23.1 Å². The van der Waals surface area contributed by atoms with Gasteiger partial charge in [0.15, 0.2) is 0 Å². The van der Waals surface area contributed by atoms with Crippen LogP contribution in [-0.2, 0) is 9.53 Å². The molecule has 8 heteroatoms. The van der Waals surface area contributed by atoms with Crippen LogP contribution in [0.25, 0.3) is 11.4 Å². The van der Waals surface area contributed by atoms with Gasteiger partial charge in [-0.2, -0.15) is 4.80 Å². The zero-order chi connectivity index (χ0) is 15.5. The summed E-state index contributed by atoms with van der Waals surface area (Å²) in [6.07, 6.45) is 0. The number of aromatic nitrogens is 4. The van der Waals surface area contributed by atoms with E-state index in [-0.39, 0.29) is 5.91 Å². The molecule has 1 aliphatic rings. The van der Waals surface area contributed by atoms with Gasteiger partial charge in [0.2, 0.25) is 11.7 Å². The van der Waals surface area contributed by atoms with Gasteiger partial charge in [-0.3, -0.25) is 4.79 Å². The Kier molecular flexibility index (Phi) is 4.49. The van der Waals surface area contributed by atoms with E-state index in [1.54, 1.807) is 11.8 Å². The van der Waals surface area contributed by atoms with E-state index < -0.39 is 6.04 Å². The highest BCUT2D eigenvalue weighted by Gasteiger charge is 2.25. The maximum absolute atomic E-state index is 12.4. The van der Waals surface area contributed by atoms with Crippen LogP contribution in [0.15, 0.2) is 28.7 Å². The summed E-state index contributed by atoms with van der Waals surface area (Å²) in [6, 6.07) is 7.16. The van der Waals surface area contributed by atoms with Crippen molar-refractivity contribution in [1.29, 1.82) is 0 Å². The van der Waals surface area contributed by atoms with Crippen LogP contribution < -0.4 is 0 Å². The van der Waals surface area contributed by atoms with Crippen LogP contribution in [0.3, 0.4) is 0 Å². The van der Waals surface area contributed by atoms with Crippen molar-refractivity contribution in [3.05, 3.63) is 28.7 Å². The molecule has 116 valence electrons. The largest absolute Gasteiger partial charge is 0.378 e. The average Bonchev–Trinajstić information content (AvgIpc) is 3.05. The molecule has 1 amide bonds. The Bertz CT molecular complexity index is 652. The minimum Gasteiger partial charge on any atom is -0.378 e. The quantitative estimate of drug-likeness (QED) is 0.824. The minimum absolute atomic E-state index is 0.0111. The molecule has 1 atom stereocenters. The van der Waals surface area contributed by atoms with Crippen molar-refractivity contribution in [3.8, 4) is 11.4 Å². The number of hydrogen-bond donors (Lipinski definition) is 0. The van der Waals surface area contributed by atoms with E-state index in [1.807, 2.05) is 24.3 Å². The van der Waals surface area contributed by atoms with Crippen molar-refractivity contribution in [1.82, 2.24) is 25.1 Å². The number of ether oxygens (including phenoxy) is 1. The third kappa shape index (κ3) is 3.17. The van der Waals surface area contributed by atoms with E-state index in [9.17, 15) is 4.79 Å². The number of tetrazole rings is 1. The monoisotopic (exact) mass is 365 g/mol. The van der Waals surface area contributed by atoms with Crippen molar-refractivity contribution in [2.75, 3.05) is 26.3 Å². The number of halogens is 1. The van der Waals surface area contributed by atoms with Crippen LogP contribution >= 0.6 is 15.9 Å². The molecule has 1 saturated heterocycles. The van der Waals surface area contributed by atoms with Gasteiger partial charge in [-0.1, -0.05) is 15.9 Å². The maximum Gasteiger partial charge on any atom is 0.249 e. The zero-order valence-corrected chi connectivity index (χ0v) is 13.7. The summed E-state index contributed by atoms with van der Waals surface area (Å²) in [5, 5.41) is 12.4. The van der Waals surface area contributed by atoms with E-state index in [1.165, 1.54) is 4.80 Å². The van der Waals surface area contributed by atoms with Gasteiger partial charge in [-0.15, -0.1) is 10.2 Å². The zero-order valence-electron chi connectivity index (χ0n) is 12.1. The van der Waals surface area contributed by atoms with Crippen LogP contribution in [-0.4, -0.2) is 57.3 Å². The minimum atomic E-state index is -0.477. The lowest BCUT2D eigenvalue weighted by molar-refractivity contribution is -0.139. The molecule has 0 spiro atoms. The van der Waals surface area contributed by atoms with Crippen molar-refractivity contribution in [3.63, 3.8) is 0 Å². The molecule has 0 unspecified atom stereocenters. The topological polar surface area (TPSA) is 73.1 Å². The lowest BCUT2D eigenvalue weighted by Gasteiger charge is -2.28. The lowest BCUT2D eigenvalue weighted by atomic mass is 10.2. The van der Waals surface area contributed by atoms with Gasteiger partial charge in [-0.25, -0.2) is 0 Å². The fourth-order valence-corrected chi connectivity index (χ4v) is 2.51. The normalized spacial score (nSPS) is 16.5. The van der Waals surface area contributed by atoms with Gasteiger partial charge in [0.1, 0.15) is 6.04 Å². The van der Waals surface area contributed by atoms with Crippen LogP contribution in [0.5, 0.6) is 0 Å². The third-order valence-electron chi connectivity index (χ3n) is 3.56. The molecular formula is C14H16BrN5O2. The van der Waals surface area contributed by atoms with Crippen molar-refractivity contribution in [2.45, 2.75) is 13.0 Å². The first-order chi connectivity index (χ1) is 10.6. The highest BCUT2D eigenvalue weighted by molar-refractivity contribution is 9.10. The number of hydrogen-bond acceptors (Lipinski definition) is 5. The molecule has 1 fully saturated rings. The molecule has 22 heavy (non-hydrogen) atoms. The Morgan fingerprint density at radius 1 is 1.27 bits per heavy atom. The van der Waals surface area contributed by atoms with Gasteiger partial charge in [0.05, 0.1) is 13.2 Å². The molecule has 1 aromatic carbocycles. The fourth-order valence-electron chi connectivity index (χ4n) is 2.25. The molecule has 7 nitrogen and oxygen atoms in total. The smallest absolute Gasteiger partial charge is 0.249 e. The maximum atomic E-state index is 12.4. The summed E-state index contributed by atoms with van der Waals surface area (Å²) in [4.78, 5) is 15.6. The van der Waals surface area contributed by atoms with Crippen molar-refractivity contribution < 1.29 is 9.53 Å². The van der Waals surface area contributed by atoms with Crippen molar-refractivity contribution in [2.24, 2.45) is 0 Å². The first-order valence-electron chi connectivity index (χ1n) is 7.07. The Morgan fingerprint density at radius 3 is 2.64 bits per heavy atom. The third-order valence-corrected chi connectivity index (χ3v) is 4.09. The number of morpholine rings is 1. The first-order valence-corrected chi connectivity index (χ1v) is 7.86. The lowest BCUT2D eigenvalue weighted by Crippen LogP contribution is -2.44. The molecule has 0 bridgehead atoms. The second-order valence-corrected chi connectivity index (χ2v) is 5.97. The molecule has 1 aromatic heterocycles. The molecule has 0 radical (unpaired) electrons. The van der Waals surface area contributed by atoms with E-state index in [2.05, 4.69) is 31.3 Å². The number of amides is 1. The summed E-state index contributed by atoms with van der Waals surface area (Å²) in [6.45, 7) is 4.15. The van der Waals surface area contributed by atoms with E-state index in [0.717, 1.165) is 10.0 Å². The molecule has 2 heterocycles. The molecule has 2 aromatic rings. The number of carbonyl (C=O) groups excluding carboxylic acids is 1. The summed E-state index contributed by atoms with van der Waals surface area (Å²) >= 11 is 3.39. The van der Waals surface area contributed by atoms with Crippen LogP contribution in [0.4, 0.5) is 0 Å². The van der Waals surface area contributed by atoms with Crippen LogP contribution in [0.2, 0.25) is 0 Å². The summed E-state index contributed by atoms with van der Waals surface area (Å²) < 4.78 is 6.24. The Hall–Kier alpha value is -1.80. The number of benzene rings is 1. The Morgan fingerprint density at radius 2 is 1.95 bits per heavy atom. The predicted octanol–water partition coefficient (Wildman–Crippen LogP) is 1.52. The standard InChI is InChI=1S/C14H16BrN5O2/c1-10(14(21)19-6-8-22-9-7-19)20-17-13(16-18-20)11-2-4-12(15)5-3-11/h2-5,10H,6-9H2,1H3/t10-/m1/s1. The van der Waals surface area contributed by atoms with Crippen molar-refractivity contribution >= 4 is 21.8 Å². The molecule has 0 N–H and O–H groups in total. The van der Waals surface area contributed by atoms with Gasteiger partial charge >= 0.3 is 0 Å².